The Kier molecular flexibility index (Phi) is 7.71. The van der Waals surface area contributed by atoms with Gasteiger partial charge in [-0.1, -0.05) is 48.0 Å². The minimum absolute atomic E-state index is 0.0767. The lowest BCUT2D eigenvalue weighted by Crippen LogP contribution is -2.16. The molecule has 0 amide bonds. The summed E-state index contributed by atoms with van der Waals surface area (Å²) in [5.41, 5.74) is 4.95. The number of nitriles is 1. The largest absolute Gasteiger partial charge is 0.490 e. The van der Waals surface area contributed by atoms with Gasteiger partial charge in [0.05, 0.1) is 24.1 Å². The number of hydrogen-bond acceptors (Lipinski definition) is 8. The fourth-order valence-electron chi connectivity index (χ4n) is 3.49. The van der Waals surface area contributed by atoms with Crippen LogP contribution in [0.2, 0.25) is 0 Å². The maximum atomic E-state index is 12.6. The Morgan fingerprint density at radius 3 is 2.65 bits per heavy atom. The van der Waals surface area contributed by atoms with E-state index >= 15 is 0 Å². The quantitative estimate of drug-likeness (QED) is 0.158. The number of esters is 1. The Balaban J connectivity index is 1.53. The zero-order valence-corrected chi connectivity index (χ0v) is 20.2. The van der Waals surface area contributed by atoms with Gasteiger partial charge in [0, 0.05) is 5.56 Å². The van der Waals surface area contributed by atoms with Gasteiger partial charge in [-0.2, -0.15) is 10.4 Å². The second-order valence-corrected chi connectivity index (χ2v) is 7.88. The van der Waals surface area contributed by atoms with Crippen LogP contribution >= 0.6 is 0 Å². The summed E-state index contributed by atoms with van der Waals surface area (Å²) in [6.45, 7) is 4.09. The average Bonchev–Trinajstić information content (AvgIpc) is 2.90. The molecule has 0 fully saturated rings. The van der Waals surface area contributed by atoms with Gasteiger partial charge >= 0.3 is 5.97 Å². The van der Waals surface area contributed by atoms with E-state index in [1.807, 2.05) is 32.0 Å². The number of benzene rings is 3. The summed E-state index contributed by atoms with van der Waals surface area (Å²) >= 11 is 0. The molecule has 3 aromatic carbocycles. The van der Waals surface area contributed by atoms with Crippen LogP contribution in [0.5, 0.6) is 11.5 Å². The van der Waals surface area contributed by atoms with Gasteiger partial charge < -0.3 is 9.47 Å². The minimum Gasteiger partial charge on any atom is -0.490 e. The number of carbonyl (C=O) groups is 1. The highest BCUT2D eigenvalue weighted by molar-refractivity contribution is 5.92. The molecule has 4 rings (SSSR count). The number of nitrogens with zero attached hydrogens (tertiary/aromatic N) is 3. The molecule has 0 aliphatic carbocycles. The lowest BCUT2D eigenvalue weighted by atomic mass is 10.1. The van der Waals surface area contributed by atoms with Crippen LogP contribution < -0.4 is 20.5 Å². The normalized spacial score (nSPS) is 10.6. The predicted octanol–water partition coefficient (Wildman–Crippen LogP) is 4.68. The van der Waals surface area contributed by atoms with Crippen LogP contribution in [0.4, 0.5) is 5.95 Å². The van der Waals surface area contributed by atoms with Gasteiger partial charge in [-0.25, -0.2) is 15.2 Å². The summed E-state index contributed by atoms with van der Waals surface area (Å²) in [5.74, 6) is 0.249. The number of ether oxygens (including phenoxy) is 2. The summed E-state index contributed by atoms with van der Waals surface area (Å²) in [5, 5.41) is 13.5. The third-order valence-corrected chi connectivity index (χ3v) is 5.19. The second-order valence-electron chi connectivity index (χ2n) is 7.88. The number of carbonyl (C=O) groups excluding carboxylic acids is 1. The minimum atomic E-state index is -0.576. The molecule has 0 radical (unpaired) electrons. The molecular weight excluding hydrogens is 470 g/mol. The van der Waals surface area contributed by atoms with Crippen molar-refractivity contribution < 1.29 is 14.3 Å². The molecule has 0 saturated carbocycles. The molecule has 9 heteroatoms. The van der Waals surface area contributed by atoms with E-state index in [1.54, 1.807) is 60.7 Å². The van der Waals surface area contributed by atoms with Crippen molar-refractivity contribution in [3.63, 3.8) is 0 Å². The van der Waals surface area contributed by atoms with E-state index in [0.29, 0.717) is 29.0 Å². The van der Waals surface area contributed by atoms with Gasteiger partial charge in [-0.3, -0.25) is 9.78 Å². The Morgan fingerprint density at radius 2 is 1.92 bits per heavy atom. The first-order chi connectivity index (χ1) is 18.0. The van der Waals surface area contributed by atoms with E-state index in [4.69, 9.17) is 9.47 Å². The van der Waals surface area contributed by atoms with Crippen molar-refractivity contribution >= 4 is 18.1 Å². The third kappa shape index (κ3) is 6.07. The molecule has 0 bridgehead atoms. The lowest BCUT2D eigenvalue weighted by Gasteiger charge is -2.11. The molecule has 0 unspecified atom stereocenters. The predicted molar refractivity (Wildman–Crippen MR) is 140 cm³/mol. The van der Waals surface area contributed by atoms with Crippen LogP contribution in [0, 0.1) is 18.3 Å². The SMILES string of the molecule is CCOc1cc(C=NNc2nc(-c3ccccc3)c(C#N)c(=O)[nH]2)ccc1OC(=O)c1cccc(C)c1. The number of aryl methyl sites for hydroxylation is 1. The van der Waals surface area contributed by atoms with Gasteiger partial charge in [0.1, 0.15) is 11.6 Å². The second kappa shape index (κ2) is 11.5. The summed E-state index contributed by atoms with van der Waals surface area (Å²) in [7, 11) is 0. The molecule has 2 N–H and O–H groups in total. The van der Waals surface area contributed by atoms with Crippen molar-refractivity contribution in [2.75, 3.05) is 12.0 Å². The third-order valence-electron chi connectivity index (χ3n) is 5.19. The van der Waals surface area contributed by atoms with Crippen molar-refractivity contribution in [3.8, 4) is 28.8 Å². The van der Waals surface area contributed by atoms with Crippen molar-refractivity contribution in [1.29, 1.82) is 5.26 Å². The van der Waals surface area contributed by atoms with Crippen molar-refractivity contribution in [3.05, 3.63) is 105 Å². The van der Waals surface area contributed by atoms with E-state index in [2.05, 4.69) is 20.5 Å². The maximum Gasteiger partial charge on any atom is 0.343 e. The molecule has 4 aromatic rings. The molecule has 0 saturated heterocycles. The van der Waals surface area contributed by atoms with Crippen LogP contribution in [0.3, 0.4) is 0 Å². The molecule has 184 valence electrons. The number of hydrazone groups is 1. The van der Waals surface area contributed by atoms with Gasteiger partial charge in [0.2, 0.25) is 5.95 Å². The smallest absolute Gasteiger partial charge is 0.343 e. The zero-order chi connectivity index (χ0) is 26.2. The number of aromatic nitrogens is 2. The molecule has 0 spiro atoms. The van der Waals surface area contributed by atoms with Gasteiger partial charge in [-0.05, 0) is 49.7 Å². The fraction of sp³-hybridized carbons (Fsp3) is 0.107. The van der Waals surface area contributed by atoms with Crippen molar-refractivity contribution in [2.24, 2.45) is 5.10 Å². The first-order valence-corrected chi connectivity index (χ1v) is 11.4. The van der Waals surface area contributed by atoms with Crippen molar-refractivity contribution in [2.45, 2.75) is 13.8 Å². The molecule has 0 aliphatic rings. The molecular formula is C28H23N5O4. The van der Waals surface area contributed by atoms with Gasteiger partial charge in [-0.15, -0.1) is 0 Å². The highest BCUT2D eigenvalue weighted by Gasteiger charge is 2.14. The van der Waals surface area contributed by atoms with Crippen LogP contribution in [0.1, 0.15) is 34.0 Å². The summed E-state index contributed by atoms with van der Waals surface area (Å²) in [6.07, 6.45) is 1.50. The molecule has 1 heterocycles. The number of aromatic amines is 1. The van der Waals surface area contributed by atoms with E-state index < -0.39 is 11.5 Å². The maximum absolute atomic E-state index is 12.6. The standard InChI is InChI=1S/C28H23N5O4/c1-3-36-24-15-19(12-13-23(24)37-27(35)21-11-7-8-18(2)14-21)17-30-33-28-31-25(20-9-5-4-6-10-20)22(16-29)26(34)32-28/h4-15,17H,3H2,1-2H3,(H2,31,32,33,34). The molecule has 0 atom stereocenters. The van der Waals surface area contributed by atoms with Crippen LogP contribution in [0.25, 0.3) is 11.3 Å². The van der Waals surface area contributed by atoms with Crippen LogP contribution in [-0.4, -0.2) is 28.8 Å². The lowest BCUT2D eigenvalue weighted by molar-refractivity contribution is 0.0728. The Hall–Kier alpha value is -5.23. The summed E-state index contributed by atoms with van der Waals surface area (Å²) < 4.78 is 11.2. The van der Waals surface area contributed by atoms with E-state index in [-0.39, 0.29) is 23.0 Å². The Bertz CT molecular complexity index is 1560. The first kappa shape index (κ1) is 24.9. The first-order valence-electron chi connectivity index (χ1n) is 11.4. The zero-order valence-electron chi connectivity index (χ0n) is 20.2. The number of anilines is 1. The fourth-order valence-corrected chi connectivity index (χ4v) is 3.49. The van der Waals surface area contributed by atoms with Crippen LogP contribution in [0.15, 0.2) is 82.7 Å². The molecule has 37 heavy (non-hydrogen) atoms. The molecule has 1 aromatic heterocycles. The van der Waals surface area contributed by atoms with E-state index in [1.165, 1.54) is 6.21 Å². The Labute approximate surface area is 213 Å². The van der Waals surface area contributed by atoms with E-state index in [0.717, 1.165) is 5.56 Å². The number of nitrogens with one attached hydrogen (secondary N) is 2. The van der Waals surface area contributed by atoms with Crippen molar-refractivity contribution in [1.82, 2.24) is 9.97 Å². The van der Waals surface area contributed by atoms with E-state index in [9.17, 15) is 14.9 Å². The molecule has 9 nitrogen and oxygen atoms in total. The van der Waals surface area contributed by atoms with Gasteiger partial charge in [0.25, 0.3) is 5.56 Å². The monoisotopic (exact) mass is 493 g/mol. The van der Waals surface area contributed by atoms with Crippen LogP contribution in [-0.2, 0) is 0 Å². The van der Waals surface area contributed by atoms with Gasteiger partial charge in [0.15, 0.2) is 11.5 Å². The highest BCUT2D eigenvalue weighted by atomic mass is 16.6. The Morgan fingerprint density at radius 1 is 1.11 bits per heavy atom. The summed E-state index contributed by atoms with van der Waals surface area (Å²) in [4.78, 5) is 31.8. The summed E-state index contributed by atoms with van der Waals surface area (Å²) in [6, 6.07) is 23.0. The highest BCUT2D eigenvalue weighted by Crippen LogP contribution is 2.29. The average molecular weight is 494 g/mol. The topological polar surface area (TPSA) is 129 Å². The number of H-pyrrole nitrogens is 1. The molecule has 0 aliphatic heterocycles. The number of rotatable bonds is 8. The number of hydrogen-bond donors (Lipinski definition) is 2.